The maximum atomic E-state index is 11.0. The Balaban J connectivity index is 4.87. The first kappa shape index (κ1) is 10.1. The van der Waals surface area contributed by atoms with E-state index >= 15 is 0 Å². The Morgan fingerprint density at radius 3 is 1.91 bits per heavy atom. The molecular formula is C9H15NO. The Hall–Kier alpha value is -0.920. The lowest BCUT2D eigenvalue weighted by molar-refractivity contribution is -0.114. The van der Waals surface area contributed by atoms with E-state index in [-0.39, 0.29) is 11.7 Å². The fourth-order valence-electron chi connectivity index (χ4n) is 1.22. The number of Topliss-reactive ketones (excluding diaryl/α,β-unsaturated/α-hetero) is 1. The third kappa shape index (κ3) is 2.66. The summed E-state index contributed by atoms with van der Waals surface area (Å²) in [6.07, 6.45) is 1.23. The maximum absolute atomic E-state index is 11.0. The van der Waals surface area contributed by atoms with Gasteiger partial charge in [0.2, 0.25) is 0 Å². The van der Waals surface area contributed by atoms with Crippen molar-refractivity contribution >= 4 is 12.0 Å². The third-order valence-corrected chi connectivity index (χ3v) is 1.60. The van der Waals surface area contributed by atoms with E-state index < -0.39 is 0 Å². The fraction of sp³-hybridized carbons (Fsp3) is 0.556. The quantitative estimate of drug-likeness (QED) is 0.490. The lowest BCUT2D eigenvalue weighted by Gasteiger charge is -2.08. The Morgan fingerprint density at radius 2 is 1.82 bits per heavy atom. The Labute approximate surface area is 67.8 Å². The van der Waals surface area contributed by atoms with Gasteiger partial charge in [0, 0.05) is 11.8 Å². The Bertz CT molecular complexity index is 202. The van der Waals surface area contributed by atoms with Crippen molar-refractivity contribution in [2.45, 2.75) is 27.7 Å². The van der Waals surface area contributed by atoms with Crippen molar-refractivity contribution in [3.05, 3.63) is 11.1 Å². The van der Waals surface area contributed by atoms with Crippen molar-refractivity contribution in [2.75, 3.05) is 0 Å². The average Bonchev–Trinajstić information content (AvgIpc) is 1.85. The minimum atomic E-state index is 0.0704. The van der Waals surface area contributed by atoms with Crippen LogP contribution in [0.25, 0.3) is 0 Å². The molecule has 1 N–H and O–H groups in total. The second-order valence-electron chi connectivity index (χ2n) is 2.95. The zero-order chi connectivity index (χ0) is 9.02. The first-order valence-electron chi connectivity index (χ1n) is 3.72. The van der Waals surface area contributed by atoms with Crippen molar-refractivity contribution in [3.8, 4) is 0 Å². The van der Waals surface area contributed by atoms with Crippen LogP contribution in [0.4, 0.5) is 0 Å². The molecule has 0 radical (unpaired) electrons. The fourth-order valence-corrected chi connectivity index (χ4v) is 1.22. The lowest BCUT2D eigenvalue weighted by atomic mass is 9.95. The van der Waals surface area contributed by atoms with Gasteiger partial charge in [-0.1, -0.05) is 13.8 Å². The maximum Gasteiger partial charge on any atom is 0.156 e. The molecule has 0 aromatic heterocycles. The van der Waals surface area contributed by atoms with E-state index in [1.807, 2.05) is 13.8 Å². The Kier molecular flexibility index (Phi) is 3.72. The summed E-state index contributed by atoms with van der Waals surface area (Å²) in [4.78, 5) is 11.0. The highest BCUT2D eigenvalue weighted by molar-refractivity contribution is 5.99. The topological polar surface area (TPSA) is 40.9 Å². The normalized spacial score (nSPS) is 12.8. The van der Waals surface area contributed by atoms with E-state index in [1.165, 1.54) is 6.21 Å². The summed E-state index contributed by atoms with van der Waals surface area (Å²) in [6.45, 7) is 7.26. The van der Waals surface area contributed by atoms with E-state index in [4.69, 9.17) is 5.41 Å². The highest BCUT2D eigenvalue weighted by atomic mass is 16.1. The van der Waals surface area contributed by atoms with E-state index in [0.717, 1.165) is 11.1 Å². The van der Waals surface area contributed by atoms with E-state index in [1.54, 1.807) is 13.8 Å². The molecule has 0 bridgehead atoms. The summed E-state index contributed by atoms with van der Waals surface area (Å²) in [5.74, 6) is 0.287. The van der Waals surface area contributed by atoms with Crippen LogP contribution in [0.15, 0.2) is 11.1 Å². The van der Waals surface area contributed by atoms with Crippen LogP contribution < -0.4 is 0 Å². The monoisotopic (exact) mass is 153 g/mol. The molecule has 11 heavy (non-hydrogen) atoms. The standard InChI is InChI=1S/C9H15NO/c1-6(2)9(8(4)11)7(3)5-10/h5-6,10H,1-4H3/b9-7-,10-5?. The molecule has 0 heterocycles. The van der Waals surface area contributed by atoms with Gasteiger partial charge < -0.3 is 5.41 Å². The molecule has 0 aliphatic heterocycles. The van der Waals surface area contributed by atoms with Crippen LogP contribution in [0.3, 0.4) is 0 Å². The largest absolute Gasteiger partial charge is 0.308 e. The van der Waals surface area contributed by atoms with Gasteiger partial charge in [-0.15, -0.1) is 0 Å². The van der Waals surface area contributed by atoms with Crippen LogP contribution >= 0.6 is 0 Å². The molecule has 2 nitrogen and oxygen atoms in total. The molecule has 0 atom stereocenters. The molecule has 0 spiro atoms. The molecule has 0 unspecified atom stereocenters. The van der Waals surface area contributed by atoms with Gasteiger partial charge in [-0.05, 0) is 25.3 Å². The number of ketones is 1. The summed E-state index contributed by atoms with van der Waals surface area (Å²) >= 11 is 0. The third-order valence-electron chi connectivity index (χ3n) is 1.60. The number of carbonyl (C=O) groups excluding carboxylic acids is 1. The van der Waals surface area contributed by atoms with Gasteiger partial charge in [0.05, 0.1) is 0 Å². The van der Waals surface area contributed by atoms with Crippen molar-refractivity contribution in [2.24, 2.45) is 5.92 Å². The minimum absolute atomic E-state index is 0.0704. The number of rotatable bonds is 3. The van der Waals surface area contributed by atoms with E-state index in [9.17, 15) is 4.79 Å². The first-order chi connectivity index (χ1) is 5.00. The summed E-state index contributed by atoms with van der Waals surface area (Å²) in [7, 11) is 0. The van der Waals surface area contributed by atoms with Crippen LogP contribution in [0.2, 0.25) is 0 Å². The van der Waals surface area contributed by atoms with Crippen LogP contribution in [0.1, 0.15) is 27.7 Å². The first-order valence-corrected chi connectivity index (χ1v) is 3.72. The van der Waals surface area contributed by atoms with Gasteiger partial charge >= 0.3 is 0 Å². The minimum Gasteiger partial charge on any atom is -0.308 e. The number of carbonyl (C=O) groups is 1. The number of hydrogen-bond donors (Lipinski definition) is 1. The highest BCUT2D eigenvalue weighted by Gasteiger charge is 2.10. The van der Waals surface area contributed by atoms with Crippen molar-refractivity contribution in [1.82, 2.24) is 0 Å². The van der Waals surface area contributed by atoms with Gasteiger partial charge in [0.25, 0.3) is 0 Å². The zero-order valence-electron chi connectivity index (χ0n) is 7.56. The summed E-state index contributed by atoms with van der Waals surface area (Å²) < 4.78 is 0. The van der Waals surface area contributed by atoms with Gasteiger partial charge in [0.15, 0.2) is 5.78 Å². The van der Waals surface area contributed by atoms with Gasteiger partial charge in [-0.2, -0.15) is 0 Å². The van der Waals surface area contributed by atoms with Gasteiger partial charge in [0.1, 0.15) is 0 Å². The number of nitrogens with one attached hydrogen (secondary N) is 1. The smallest absolute Gasteiger partial charge is 0.156 e. The molecule has 0 rings (SSSR count). The SMILES string of the molecule is CC(=O)/C(=C(/C)C=N)C(C)C. The molecule has 62 valence electrons. The van der Waals surface area contributed by atoms with Crippen LogP contribution in [-0.4, -0.2) is 12.0 Å². The van der Waals surface area contributed by atoms with Crippen LogP contribution in [0.5, 0.6) is 0 Å². The summed E-state index contributed by atoms with van der Waals surface area (Å²) in [6, 6.07) is 0. The number of allylic oxidation sites excluding steroid dienone is 2. The van der Waals surface area contributed by atoms with Crippen molar-refractivity contribution in [3.63, 3.8) is 0 Å². The zero-order valence-corrected chi connectivity index (χ0v) is 7.56. The molecular weight excluding hydrogens is 138 g/mol. The molecule has 0 aliphatic carbocycles. The second-order valence-corrected chi connectivity index (χ2v) is 2.95. The van der Waals surface area contributed by atoms with Crippen LogP contribution in [-0.2, 0) is 4.79 Å². The molecule has 0 aliphatic rings. The summed E-state index contributed by atoms with van der Waals surface area (Å²) in [5.41, 5.74) is 1.53. The van der Waals surface area contributed by atoms with Crippen molar-refractivity contribution in [1.29, 1.82) is 5.41 Å². The van der Waals surface area contributed by atoms with Gasteiger partial charge in [-0.25, -0.2) is 0 Å². The van der Waals surface area contributed by atoms with E-state index in [0.29, 0.717) is 0 Å². The van der Waals surface area contributed by atoms with Crippen LogP contribution in [0, 0.1) is 11.3 Å². The predicted molar refractivity (Wildman–Crippen MR) is 47.0 cm³/mol. The predicted octanol–water partition coefficient (Wildman–Crippen LogP) is 2.20. The Morgan fingerprint density at radius 1 is 1.36 bits per heavy atom. The van der Waals surface area contributed by atoms with Crippen molar-refractivity contribution < 1.29 is 4.79 Å². The molecule has 0 aromatic carbocycles. The second kappa shape index (κ2) is 4.06. The average molecular weight is 153 g/mol. The molecule has 0 amide bonds. The number of hydrogen-bond acceptors (Lipinski definition) is 2. The summed E-state index contributed by atoms with van der Waals surface area (Å²) in [5, 5.41) is 6.99. The molecule has 0 saturated carbocycles. The van der Waals surface area contributed by atoms with Gasteiger partial charge in [-0.3, -0.25) is 4.79 Å². The molecule has 0 fully saturated rings. The molecule has 0 aromatic rings. The molecule has 0 saturated heterocycles. The molecule has 2 heteroatoms. The highest BCUT2D eigenvalue weighted by Crippen LogP contribution is 2.14. The lowest BCUT2D eigenvalue weighted by Crippen LogP contribution is -2.07. The van der Waals surface area contributed by atoms with E-state index in [2.05, 4.69) is 0 Å².